The molecule has 8 heteroatoms. The van der Waals surface area contributed by atoms with Crippen LogP contribution in [0.3, 0.4) is 0 Å². The van der Waals surface area contributed by atoms with Crippen molar-refractivity contribution in [1.82, 2.24) is 20.0 Å². The number of hydrogen-bond acceptors (Lipinski definition) is 3. The average molecular weight is 330 g/mol. The molecule has 0 spiro atoms. The van der Waals surface area contributed by atoms with Crippen LogP contribution in [0.1, 0.15) is 24.5 Å². The van der Waals surface area contributed by atoms with Crippen molar-refractivity contribution in [2.75, 3.05) is 33.2 Å². The van der Waals surface area contributed by atoms with Crippen LogP contribution < -0.4 is 0 Å². The van der Waals surface area contributed by atoms with Crippen LogP contribution >= 0.6 is 0 Å². The van der Waals surface area contributed by atoms with Crippen molar-refractivity contribution in [3.05, 3.63) is 18.0 Å². The largest absolute Gasteiger partial charge is 0.393 e. The van der Waals surface area contributed by atoms with Gasteiger partial charge in [0.1, 0.15) is 0 Å². The van der Waals surface area contributed by atoms with Gasteiger partial charge in [-0.15, -0.1) is 0 Å². The number of nitrogens with one attached hydrogen (secondary N) is 1. The second-order valence-electron chi connectivity index (χ2n) is 6.59. The lowest BCUT2D eigenvalue weighted by Gasteiger charge is -2.34. The van der Waals surface area contributed by atoms with Gasteiger partial charge in [0.15, 0.2) is 0 Å². The first-order valence-electron chi connectivity index (χ1n) is 7.89. The van der Waals surface area contributed by atoms with Crippen LogP contribution in [0.2, 0.25) is 0 Å². The topological polar surface area (TPSA) is 52.2 Å². The Morgan fingerprint density at radius 2 is 2.00 bits per heavy atom. The van der Waals surface area contributed by atoms with Crippen molar-refractivity contribution in [2.45, 2.75) is 24.9 Å². The van der Waals surface area contributed by atoms with Gasteiger partial charge in [0.05, 0.1) is 11.8 Å². The van der Waals surface area contributed by atoms with Gasteiger partial charge >= 0.3 is 6.18 Å². The van der Waals surface area contributed by atoms with Gasteiger partial charge in [-0.25, -0.2) is 0 Å². The number of hydrogen-bond donors (Lipinski definition) is 1. The van der Waals surface area contributed by atoms with Crippen molar-refractivity contribution < 1.29 is 18.0 Å². The van der Waals surface area contributed by atoms with Crippen LogP contribution in [-0.4, -0.2) is 65.3 Å². The molecule has 2 aliphatic heterocycles. The fraction of sp³-hybridized carbons (Fsp3) is 0.733. The minimum atomic E-state index is -4.32. The van der Waals surface area contributed by atoms with E-state index in [2.05, 4.69) is 10.2 Å². The monoisotopic (exact) mass is 330 g/mol. The van der Waals surface area contributed by atoms with E-state index in [0.29, 0.717) is 19.0 Å². The van der Waals surface area contributed by atoms with Gasteiger partial charge in [0.2, 0.25) is 5.91 Å². The summed E-state index contributed by atoms with van der Waals surface area (Å²) in [6, 6.07) is 1.91. The van der Waals surface area contributed by atoms with Crippen molar-refractivity contribution in [2.24, 2.45) is 11.8 Å². The number of halogens is 3. The molecular weight excluding hydrogens is 309 g/mol. The summed E-state index contributed by atoms with van der Waals surface area (Å²) in [4.78, 5) is 15.8. The maximum absolute atomic E-state index is 13.2. The highest BCUT2D eigenvalue weighted by atomic mass is 19.4. The molecule has 1 N–H and O–H groups in total. The lowest BCUT2D eigenvalue weighted by atomic mass is 9.90. The Labute approximate surface area is 132 Å². The number of aromatic amines is 1. The highest BCUT2D eigenvalue weighted by molar-refractivity contribution is 5.80. The van der Waals surface area contributed by atoms with Crippen molar-refractivity contribution in [3.8, 4) is 0 Å². The van der Waals surface area contributed by atoms with Crippen LogP contribution in [-0.2, 0) is 4.79 Å². The lowest BCUT2D eigenvalue weighted by molar-refractivity contribution is -0.186. The zero-order valence-corrected chi connectivity index (χ0v) is 13.0. The van der Waals surface area contributed by atoms with Gasteiger partial charge in [0.25, 0.3) is 0 Å². The highest BCUT2D eigenvalue weighted by Crippen LogP contribution is 2.38. The second-order valence-corrected chi connectivity index (χ2v) is 6.59. The van der Waals surface area contributed by atoms with E-state index in [0.717, 1.165) is 18.5 Å². The first-order valence-corrected chi connectivity index (χ1v) is 7.89. The number of aromatic nitrogens is 2. The molecule has 1 amide bonds. The predicted octanol–water partition coefficient (Wildman–Crippen LogP) is 1.86. The quantitative estimate of drug-likeness (QED) is 0.900. The van der Waals surface area contributed by atoms with Crippen LogP contribution in [0, 0.1) is 11.8 Å². The maximum Gasteiger partial charge on any atom is 0.393 e. The lowest BCUT2D eigenvalue weighted by Crippen LogP contribution is -2.45. The molecule has 2 atom stereocenters. The average Bonchev–Trinajstić information content (AvgIpc) is 3.15. The van der Waals surface area contributed by atoms with Crippen molar-refractivity contribution in [1.29, 1.82) is 0 Å². The molecule has 3 rings (SSSR count). The molecule has 0 unspecified atom stereocenters. The Bertz CT molecular complexity index is 537. The smallest absolute Gasteiger partial charge is 0.342 e. The number of rotatable bonds is 2. The summed E-state index contributed by atoms with van der Waals surface area (Å²) in [5.41, 5.74) is 1.03. The van der Waals surface area contributed by atoms with E-state index in [9.17, 15) is 18.0 Å². The Hall–Kier alpha value is -1.57. The molecule has 23 heavy (non-hydrogen) atoms. The third-order valence-electron chi connectivity index (χ3n) is 5.01. The van der Waals surface area contributed by atoms with Crippen LogP contribution in [0.15, 0.2) is 12.3 Å². The van der Waals surface area contributed by atoms with Crippen molar-refractivity contribution in [3.63, 3.8) is 0 Å². The summed E-state index contributed by atoms with van der Waals surface area (Å²) in [7, 11) is 1.64. The normalized spacial score (nSPS) is 27.6. The Morgan fingerprint density at radius 1 is 1.30 bits per heavy atom. The minimum absolute atomic E-state index is 0.0927. The molecular formula is C15H21F3N4O. The second kappa shape index (κ2) is 6.14. The fourth-order valence-corrected chi connectivity index (χ4v) is 3.72. The molecule has 3 heterocycles. The number of carbonyl (C=O) groups is 1. The van der Waals surface area contributed by atoms with E-state index in [-0.39, 0.29) is 19.0 Å². The molecule has 128 valence electrons. The van der Waals surface area contributed by atoms with Crippen LogP contribution in [0.25, 0.3) is 0 Å². The Balaban J connectivity index is 1.62. The van der Waals surface area contributed by atoms with E-state index >= 15 is 0 Å². The molecule has 0 saturated carbocycles. The number of H-pyrrole nitrogens is 1. The first-order chi connectivity index (χ1) is 10.9. The molecule has 2 fully saturated rings. The number of nitrogens with zero attached hydrogens (tertiary/aromatic N) is 3. The number of alkyl halides is 3. The molecule has 0 bridgehead atoms. The van der Waals surface area contributed by atoms with Crippen LogP contribution in [0.5, 0.6) is 0 Å². The summed E-state index contributed by atoms with van der Waals surface area (Å²) >= 11 is 0. The minimum Gasteiger partial charge on any atom is -0.342 e. The zero-order chi connectivity index (χ0) is 16.6. The van der Waals surface area contributed by atoms with Gasteiger partial charge in [-0.2, -0.15) is 18.3 Å². The third kappa shape index (κ3) is 3.36. The molecule has 5 nitrogen and oxygen atoms in total. The molecule has 2 saturated heterocycles. The fourth-order valence-electron chi connectivity index (χ4n) is 3.72. The summed E-state index contributed by atoms with van der Waals surface area (Å²) < 4.78 is 39.5. The molecule has 2 aliphatic rings. The van der Waals surface area contributed by atoms with Crippen molar-refractivity contribution >= 4 is 5.91 Å². The maximum atomic E-state index is 13.2. The molecule has 1 aromatic rings. The number of piperidine rings is 1. The Morgan fingerprint density at radius 3 is 2.57 bits per heavy atom. The molecule has 1 aromatic heterocycles. The summed E-state index contributed by atoms with van der Waals surface area (Å²) in [5.74, 6) is -2.57. The van der Waals surface area contributed by atoms with E-state index in [4.69, 9.17) is 0 Å². The van der Waals surface area contributed by atoms with E-state index in [1.165, 1.54) is 0 Å². The summed E-state index contributed by atoms with van der Waals surface area (Å²) in [5, 5.41) is 6.85. The third-order valence-corrected chi connectivity index (χ3v) is 5.01. The highest BCUT2D eigenvalue weighted by Gasteiger charge is 2.52. The van der Waals surface area contributed by atoms with E-state index < -0.39 is 18.0 Å². The van der Waals surface area contributed by atoms with Gasteiger partial charge in [-0.1, -0.05) is 0 Å². The van der Waals surface area contributed by atoms with Gasteiger partial charge < -0.3 is 9.80 Å². The van der Waals surface area contributed by atoms with Gasteiger partial charge in [0, 0.05) is 44.0 Å². The standard InChI is InChI=1S/C15H21F3N4O/c1-21-8-11(12(9-21)15(16,17)18)14(23)22-6-3-10(4-7-22)13-2-5-19-20-13/h2,5,10-12H,3-4,6-9H2,1H3,(H,19,20)/t11-,12-/m1/s1. The number of likely N-dealkylation sites (tertiary alicyclic amines) is 2. The van der Waals surface area contributed by atoms with Crippen LogP contribution in [0.4, 0.5) is 13.2 Å². The summed E-state index contributed by atoms with van der Waals surface area (Å²) in [6.45, 7) is 1.11. The van der Waals surface area contributed by atoms with E-state index in [1.54, 1.807) is 23.0 Å². The summed E-state index contributed by atoms with van der Waals surface area (Å²) in [6.07, 6.45) is -1.12. The molecule has 0 aromatic carbocycles. The number of amides is 1. The van der Waals surface area contributed by atoms with Gasteiger partial charge in [-0.3, -0.25) is 9.89 Å². The predicted molar refractivity (Wildman–Crippen MR) is 77.7 cm³/mol. The molecule has 0 aliphatic carbocycles. The number of carbonyl (C=O) groups excluding carboxylic acids is 1. The Kier molecular flexibility index (Phi) is 4.35. The SMILES string of the molecule is CN1C[C@@H](C(F)(F)F)[C@H](C(=O)N2CCC(c3ccn[nH]3)CC2)C1. The zero-order valence-electron chi connectivity index (χ0n) is 13.0. The first kappa shape index (κ1) is 16.3. The molecule has 0 radical (unpaired) electrons. The van der Waals surface area contributed by atoms with E-state index in [1.807, 2.05) is 6.07 Å². The van der Waals surface area contributed by atoms with Gasteiger partial charge in [-0.05, 0) is 26.0 Å².